The van der Waals surface area contributed by atoms with E-state index in [1.807, 2.05) is 0 Å². The van der Waals surface area contributed by atoms with Crippen molar-refractivity contribution in [2.75, 3.05) is 0 Å². The van der Waals surface area contributed by atoms with Crippen LogP contribution < -0.4 is 0 Å². The van der Waals surface area contributed by atoms with Gasteiger partial charge in [0.05, 0.1) is 6.10 Å². The van der Waals surface area contributed by atoms with E-state index in [-0.39, 0.29) is 6.10 Å². The summed E-state index contributed by atoms with van der Waals surface area (Å²) in [5.74, 6) is 0. The summed E-state index contributed by atoms with van der Waals surface area (Å²) in [4.78, 5) is 0. The zero-order chi connectivity index (χ0) is 11.8. The molecule has 88 valence electrons. The van der Waals surface area contributed by atoms with Crippen molar-refractivity contribution in [1.29, 1.82) is 0 Å². The highest BCUT2D eigenvalue weighted by atomic mass is 16.3. The molecule has 1 heterocycles. The van der Waals surface area contributed by atoms with Gasteiger partial charge in [-0.2, -0.15) is 0 Å². The van der Waals surface area contributed by atoms with E-state index in [4.69, 9.17) is 0 Å². The van der Waals surface area contributed by atoms with Crippen LogP contribution in [0.25, 0.3) is 5.69 Å². The molecule has 0 aliphatic heterocycles. The molecule has 2 heteroatoms. The Morgan fingerprint density at radius 1 is 1.24 bits per heavy atom. The lowest BCUT2D eigenvalue weighted by Crippen LogP contribution is -2.11. The van der Waals surface area contributed by atoms with Crippen molar-refractivity contribution in [3.63, 3.8) is 0 Å². The third kappa shape index (κ3) is 1.69. The summed E-state index contributed by atoms with van der Waals surface area (Å²) in [6.07, 6.45) is 4.84. The molecule has 1 aromatic heterocycles. The number of hydrogen-bond donors (Lipinski definition) is 1. The summed E-state index contributed by atoms with van der Waals surface area (Å²) in [5, 5.41) is 9.98. The summed E-state index contributed by atoms with van der Waals surface area (Å²) >= 11 is 0. The molecule has 0 saturated carbocycles. The molecule has 1 aliphatic carbocycles. The summed E-state index contributed by atoms with van der Waals surface area (Å²) < 4.78 is 2.23. The highest BCUT2D eigenvalue weighted by molar-refractivity contribution is 5.44. The van der Waals surface area contributed by atoms with E-state index < -0.39 is 0 Å². The second kappa shape index (κ2) is 4.04. The van der Waals surface area contributed by atoms with E-state index in [0.29, 0.717) is 0 Å². The molecule has 17 heavy (non-hydrogen) atoms. The van der Waals surface area contributed by atoms with Gasteiger partial charge in [0.25, 0.3) is 0 Å². The lowest BCUT2D eigenvalue weighted by Gasteiger charge is -2.20. The molecule has 0 bridgehead atoms. The smallest absolute Gasteiger partial charge is 0.0807 e. The molecule has 3 rings (SSSR count). The summed E-state index contributed by atoms with van der Waals surface area (Å²) in [6.45, 7) is 2.13. The first kappa shape index (κ1) is 10.6. The zero-order valence-corrected chi connectivity index (χ0v) is 10.1. The molecule has 0 amide bonds. The van der Waals surface area contributed by atoms with Crippen molar-refractivity contribution < 1.29 is 5.11 Å². The van der Waals surface area contributed by atoms with Gasteiger partial charge in [0, 0.05) is 23.1 Å². The van der Waals surface area contributed by atoms with Crippen LogP contribution in [0.15, 0.2) is 36.5 Å². The van der Waals surface area contributed by atoms with Crippen LogP contribution in [0.4, 0.5) is 0 Å². The Morgan fingerprint density at radius 2 is 2.06 bits per heavy atom. The summed E-state index contributed by atoms with van der Waals surface area (Å²) in [7, 11) is 0. The van der Waals surface area contributed by atoms with Gasteiger partial charge in [-0.15, -0.1) is 0 Å². The maximum atomic E-state index is 9.98. The van der Waals surface area contributed by atoms with E-state index in [1.54, 1.807) is 0 Å². The highest BCUT2D eigenvalue weighted by Gasteiger charge is 2.21. The van der Waals surface area contributed by atoms with Crippen molar-refractivity contribution >= 4 is 0 Å². The number of rotatable bonds is 1. The van der Waals surface area contributed by atoms with Gasteiger partial charge >= 0.3 is 0 Å². The Bertz CT molecular complexity index is 542. The van der Waals surface area contributed by atoms with Crippen LogP contribution in [0.3, 0.4) is 0 Å². The average Bonchev–Trinajstić information content (AvgIpc) is 2.75. The summed E-state index contributed by atoms with van der Waals surface area (Å²) in [6, 6.07) is 10.4. The van der Waals surface area contributed by atoms with Crippen molar-refractivity contribution in [3.05, 3.63) is 53.3 Å². The molecule has 2 nitrogen and oxygen atoms in total. The minimum Gasteiger partial charge on any atom is -0.388 e. The monoisotopic (exact) mass is 227 g/mol. The predicted octanol–water partition coefficient (Wildman–Crippen LogP) is 3.16. The SMILES string of the molecule is Cc1ccccc1-n1ccc2c1CCCC2O. The van der Waals surface area contributed by atoms with E-state index in [9.17, 15) is 5.11 Å². The van der Waals surface area contributed by atoms with Crippen molar-refractivity contribution in [1.82, 2.24) is 4.57 Å². The Kier molecular flexibility index (Phi) is 2.52. The third-order valence-electron chi connectivity index (χ3n) is 3.65. The minimum atomic E-state index is -0.274. The van der Waals surface area contributed by atoms with Crippen LogP contribution in [-0.2, 0) is 6.42 Å². The van der Waals surface area contributed by atoms with E-state index >= 15 is 0 Å². The Morgan fingerprint density at radius 3 is 2.88 bits per heavy atom. The van der Waals surface area contributed by atoms with E-state index in [1.165, 1.54) is 16.9 Å². The number of benzene rings is 1. The van der Waals surface area contributed by atoms with E-state index in [0.717, 1.165) is 24.8 Å². The molecule has 0 saturated heterocycles. The second-order valence-corrected chi connectivity index (χ2v) is 4.78. The first-order valence-electron chi connectivity index (χ1n) is 6.21. The average molecular weight is 227 g/mol. The topological polar surface area (TPSA) is 25.2 Å². The van der Waals surface area contributed by atoms with Crippen molar-refractivity contribution in [2.24, 2.45) is 0 Å². The van der Waals surface area contributed by atoms with Crippen molar-refractivity contribution in [3.8, 4) is 5.69 Å². The zero-order valence-electron chi connectivity index (χ0n) is 10.1. The van der Waals surface area contributed by atoms with Crippen LogP contribution in [0.1, 0.15) is 35.8 Å². The molecular weight excluding hydrogens is 210 g/mol. The first-order chi connectivity index (χ1) is 8.27. The predicted molar refractivity (Wildman–Crippen MR) is 68.4 cm³/mol. The molecule has 1 atom stereocenters. The molecule has 0 spiro atoms. The van der Waals surface area contributed by atoms with Gasteiger partial charge in [-0.3, -0.25) is 0 Å². The van der Waals surface area contributed by atoms with Crippen LogP contribution in [0.2, 0.25) is 0 Å². The normalized spacial score (nSPS) is 19.1. The van der Waals surface area contributed by atoms with Gasteiger partial charge in [0.2, 0.25) is 0 Å². The maximum absolute atomic E-state index is 9.98. The number of aryl methyl sites for hydroxylation is 1. The number of aliphatic hydroxyl groups is 1. The van der Waals surface area contributed by atoms with Gasteiger partial charge in [-0.05, 0) is 43.9 Å². The number of hydrogen-bond acceptors (Lipinski definition) is 1. The van der Waals surface area contributed by atoms with Crippen LogP contribution in [0, 0.1) is 6.92 Å². The van der Waals surface area contributed by atoms with Gasteiger partial charge in [-0.25, -0.2) is 0 Å². The van der Waals surface area contributed by atoms with Crippen LogP contribution in [-0.4, -0.2) is 9.67 Å². The number of para-hydroxylation sites is 1. The van der Waals surface area contributed by atoms with E-state index in [2.05, 4.69) is 48.0 Å². The molecule has 0 fully saturated rings. The lowest BCUT2D eigenvalue weighted by molar-refractivity contribution is 0.156. The van der Waals surface area contributed by atoms with Gasteiger partial charge < -0.3 is 9.67 Å². The van der Waals surface area contributed by atoms with Gasteiger partial charge in [0.1, 0.15) is 0 Å². The quantitative estimate of drug-likeness (QED) is 0.795. The standard InChI is InChI=1S/C15H17NO/c1-11-5-2-3-6-13(11)16-10-9-12-14(16)7-4-8-15(12)17/h2-3,5-6,9-10,15,17H,4,7-8H2,1H3. The maximum Gasteiger partial charge on any atom is 0.0807 e. The fraction of sp³-hybridized carbons (Fsp3) is 0.333. The van der Waals surface area contributed by atoms with Crippen molar-refractivity contribution in [2.45, 2.75) is 32.3 Å². The molecule has 1 N–H and O–H groups in total. The Balaban J connectivity index is 2.14. The number of nitrogens with zero attached hydrogens (tertiary/aromatic N) is 1. The number of aromatic nitrogens is 1. The third-order valence-corrected chi connectivity index (χ3v) is 3.65. The number of aliphatic hydroxyl groups excluding tert-OH is 1. The first-order valence-corrected chi connectivity index (χ1v) is 6.21. The molecule has 2 aromatic rings. The van der Waals surface area contributed by atoms with Gasteiger partial charge in [0.15, 0.2) is 0 Å². The lowest BCUT2D eigenvalue weighted by atomic mass is 9.95. The molecule has 1 aromatic carbocycles. The largest absolute Gasteiger partial charge is 0.388 e. The fourth-order valence-electron chi connectivity index (χ4n) is 2.73. The second-order valence-electron chi connectivity index (χ2n) is 4.78. The molecule has 1 unspecified atom stereocenters. The Labute approximate surface area is 102 Å². The van der Waals surface area contributed by atoms with Crippen LogP contribution >= 0.6 is 0 Å². The minimum absolute atomic E-state index is 0.274. The number of fused-ring (bicyclic) bond motifs is 1. The fourth-order valence-corrected chi connectivity index (χ4v) is 2.73. The Hall–Kier alpha value is -1.54. The highest BCUT2D eigenvalue weighted by Crippen LogP contribution is 2.32. The van der Waals surface area contributed by atoms with Crippen LogP contribution in [0.5, 0.6) is 0 Å². The molecular formula is C15H17NO. The molecule has 0 radical (unpaired) electrons. The van der Waals surface area contributed by atoms with Gasteiger partial charge in [-0.1, -0.05) is 18.2 Å². The molecule has 1 aliphatic rings. The summed E-state index contributed by atoms with van der Waals surface area (Å²) in [5.41, 5.74) is 4.88.